The van der Waals surface area contributed by atoms with Gasteiger partial charge in [-0.05, 0) is 26.7 Å². The van der Waals surface area contributed by atoms with Crippen molar-refractivity contribution in [1.29, 1.82) is 0 Å². The van der Waals surface area contributed by atoms with Gasteiger partial charge in [0.25, 0.3) is 11.5 Å². The summed E-state index contributed by atoms with van der Waals surface area (Å²) in [6.07, 6.45) is -3.07. The molecule has 0 spiro atoms. The summed E-state index contributed by atoms with van der Waals surface area (Å²) in [6.45, 7) is 3.38. The molecular weight excluding hydrogens is 351 g/mol. The number of halogens is 3. The molecule has 0 saturated carbocycles. The van der Waals surface area contributed by atoms with Crippen LogP contribution in [0.5, 0.6) is 0 Å². The van der Waals surface area contributed by atoms with Gasteiger partial charge in [-0.25, -0.2) is 9.67 Å². The molecule has 26 heavy (non-hydrogen) atoms. The number of carbonyl (C=O) groups is 1. The summed E-state index contributed by atoms with van der Waals surface area (Å²) in [7, 11) is 0. The number of aryl methyl sites for hydroxylation is 1. The number of piperidine rings is 1. The Labute approximate surface area is 146 Å². The lowest BCUT2D eigenvalue weighted by Crippen LogP contribution is -2.42. The number of H-pyrrole nitrogens is 1. The number of aromatic nitrogens is 4. The SMILES string of the molecule is Cc1nc(-n2ncc(C(=O)N3CCC(C(F)(F)F)CC3)c2C)cc(=O)[nH]1. The number of nitrogens with one attached hydrogen (secondary N) is 1. The second kappa shape index (κ2) is 6.58. The first-order chi connectivity index (χ1) is 12.2. The smallest absolute Gasteiger partial charge is 0.339 e. The van der Waals surface area contributed by atoms with Crippen molar-refractivity contribution in [1.82, 2.24) is 24.6 Å². The first-order valence-electron chi connectivity index (χ1n) is 8.16. The summed E-state index contributed by atoms with van der Waals surface area (Å²) in [5.74, 6) is -1.04. The summed E-state index contributed by atoms with van der Waals surface area (Å²) in [5, 5.41) is 4.11. The molecular formula is C16H18F3N5O2. The van der Waals surface area contributed by atoms with Crippen LogP contribution >= 0.6 is 0 Å². The van der Waals surface area contributed by atoms with Gasteiger partial charge in [-0.3, -0.25) is 9.59 Å². The van der Waals surface area contributed by atoms with Crippen molar-refractivity contribution in [3.63, 3.8) is 0 Å². The summed E-state index contributed by atoms with van der Waals surface area (Å²) in [6, 6.07) is 1.26. The van der Waals surface area contributed by atoms with Crippen LogP contribution in [0.25, 0.3) is 5.82 Å². The van der Waals surface area contributed by atoms with Crippen LogP contribution in [0.1, 0.15) is 34.7 Å². The fourth-order valence-electron chi connectivity index (χ4n) is 3.10. The number of likely N-dealkylation sites (tertiary alicyclic amines) is 1. The molecule has 140 valence electrons. The minimum atomic E-state index is -4.22. The number of rotatable bonds is 2. The number of aromatic amines is 1. The Morgan fingerprint density at radius 3 is 2.50 bits per heavy atom. The summed E-state index contributed by atoms with van der Waals surface area (Å²) in [4.78, 5) is 32.4. The van der Waals surface area contributed by atoms with Gasteiger partial charge in [0.15, 0.2) is 5.82 Å². The first-order valence-corrected chi connectivity index (χ1v) is 8.16. The van der Waals surface area contributed by atoms with Gasteiger partial charge in [-0.2, -0.15) is 18.3 Å². The first kappa shape index (κ1) is 18.2. The van der Waals surface area contributed by atoms with E-state index < -0.39 is 12.1 Å². The van der Waals surface area contributed by atoms with E-state index in [1.807, 2.05) is 0 Å². The molecule has 2 aromatic heterocycles. The molecule has 1 aliphatic rings. The molecule has 3 rings (SSSR count). The number of hydrogen-bond donors (Lipinski definition) is 1. The molecule has 10 heteroatoms. The third kappa shape index (κ3) is 3.49. The number of alkyl halides is 3. The molecule has 1 N–H and O–H groups in total. The van der Waals surface area contributed by atoms with Crippen LogP contribution in [0.15, 0.2) is 17.1 Å². The van der Waals surface area contributed by atoms with Crippen molar-refractivity contribution in [2.45, 2.75) is 32.9 Å². The van der Waals surface area contributed by atoms with Crippen LogP contribution in [-0.4, -0.2) is 49.8 Å². The molecule has 1 amide bonds. The van der Waals surface area contributed by atoms with Gasteiger partial charge in [0.2, 0.25) is 0 Å². The third-order valence-electron chi connectivity index (χ3n) is 4.55. The maximum atomic E-state index is 12.8. The Morgan fingerprint density at radius 1 is 1.27 bits per heavy atom. The lowest BCUT2D eigenvalue weighted by Gasteiger charge is -2.32. The highest BCUT2D eigenvalue weighted by atomic mass is 19.4. The van der Waals surface area contributed by atoms with E-state index in [-0.39, 0.29) is 48.8 Å². The highest BCUT2D eigenvalue weighted by Crippen LogP contribution is 2.34. The van der Waals surface area contributed by atoms with Crippen LogP contribution in [0.4, 0.5) is 13.2 Å². The molecule has 0 aliphatic carbocycles. The molecule has 0 atom stereocenters. The minimum Gasteiger partial charge on any atom is -0.339 e. The Bertz CT molecular complexity index is 879. The Hall–Kier alpha value is -2.65. The van der Waals surface area contributed by atoms with E-state index in [1.165, 1.54) is 21.8 Å². The average molecular weight is 369 g/mol. The fourth-order valence-corrected chi connectivity index (χ4v) is 3.10. The molecule has 7 nitrogen and oxygen atoms in total. The highest BCUT2D eigenvalue weighted by molar-refractivity contribution is 5.95. The van der Waals surface area contributed by atoms with E-state index in [9.17, 15) is 22.8 Å². The monoisotopic (exact) mass is 369 g/mol. The van der Waals surface area contributed by atoms with Crippen LogP contribution in [0.3, 0.4) is 0 Å². The maximum absolute atomic E-state index is 12.8. The normalized spacial score (nSPS) is 16.1. The predicted molar refractivity (Wildman–Crippen MR) is 86.1 cm³/mol. The molecule has 0 aromatic carbocycles. The van der Waals surface area contributed by atoms with E-state index in [4.69, 9.17) is 0 Å². The van der Waals surface area contributed by atoms with Crippen molar-refractivity contribution < 1.29 is 18.0 Å². The standard InChI is InChI=1S/C16H18F3N5O2/c1-9-12(8-20-24(9)13-7-14(25)22-10(2)21-13)15(26)23-5-3-11(4-6-23)16(17,18)19/h7-8,11H,3-6H2,1-2H3,(H,21,22,25). The van der Waals surface area contributed by atoms with Crippen molar-refractivity contribution in [3.05, 3.63) is 39.7 Å². The van der Waals surface area contributed by atoms with Gasteiger partial charge in [0.05, 0.1) is 23.4 Å². The minimum absolute atomic E-state index is 0.0516. The van der Waals surface area contributed by atoms with Gasteiger partial charge < -0.3 is 9.88 Å². The molecule has 2 aromatic rings. The quantitative estimate of drug-likeness (QED) is 0.877. The van der Waals surface area contributed by atoms with Crippen LogP contribution in [0, 0.1) is 19.8 Å². The Morgan fingerprint density at radius 2 is 1.92 bits per heavy atom. The number of carbonyl (C=O) groups excluding carboxylic acids is 1. The van der Waals surface area contributed by atoms with Crippen molar-refractivity contribution in [2.75, 3.05) is 13.1 Å². The fraction of sp³-hybridized carbons (Fsp3) is 0.500. The lowest BCUT2D eigenvalue weighted by molar-refractivity contribution is -0.183. The predicted octanol–water partition coefficient (Wildman–Crippen LogP) is 1.99. The number of hydrogen-bond acceptors (Lipinski definition) is 4. The molecule has 1 aliphatic heterocycles. The summed E-state index contributed by atoms with van der Waals surface area (Å²) in [5.41, 5.74) is 0.421. The maximum Gasteiger partial charge on any atom is 0.391 e. The summed E-state index contributed by atoms with van der Waals surface area (Å²) < 4.78 is 39.7. The second-order valence-electron chi connectivity index (χ2n) is 6.35. The van der Waals surface area contributed by atoms with Crippen molar-refractivity contribution >= 4 is 5.91 Å². The highest BCUT2D eigenvalue weighted by Gasteiger charge is 2.42. The van der Waals surface area contributed by atoms with Gasteiger partial charge in [0.1, 0.15) is 5.82 Å². The Balaban J connectivity index is 1.80. The van der Waals surface area contributed by atoms with Gasteiger partial charge in [0, 0.05) is 19.2 Å². The number of nitrogens with zero attached hydrogens (tertiary/aromatic N) is 4. The molecule has 0 radical (unpaired) electrons. The zero-order valence-electron chi connectivity index (χ0n) is 14.3. The lowest BCUT2D eigenvalue weighted by atomic mass is 9.96. The summed E-state index contributed by atoms with van der Waals surface area (Å²) >= 11 is 0. The average Bonchev–Trinajstić information content (AvgIpc) is 2.94. The van der Waals surface area contributed by atoms with Crippen LogP contribution in [-0.2, 0) is 0 Å². The van der Waals surface area contributed by atoms with E-state index in [0.717, 1.165) is 0 Å². The van der Waals surface area contributed by atoms with E-state index in [0.29, 0.717) is 11.5 Å². The second-order valence-corrected chi connectivity index (χ2v) is 6.35. The van der Waals surface area contributed by atoms with Gasteiger partial charge in [-0.15, -0.1) is 0 Å². The van der Waals surface area contributed by atoms with Crippen molar-refractivity contribution in [3.8, 4) is 5.82 Å². The van der Waals surface area contributed by atoms with Crippen LogP contribution < -0.4 is 5.56 Å². The third-order valence-corrected chi connectivity index (χ3v) is 4.55. The molecule has 3 heterocycles. The zero-order valence-corrected chi connectivity index (χ0v) is 14.3. The largest absolute Gasteiger partial charge is 0.391 e. The van der Waals surface area contributed by atoms with Gasteiger partial charge >= 0.3 is 6.18 Å². The molecule has 0 bridgehead atoms. The topological polar surface area (TPSA) is 83.9 Å². The zero-order chi connectivity index (χ0) is 19.1. The van der Waals surface area contributed by atoms with Crippen molar-refractivity contribution in [2.24, 2.45) is 5.92 Å². The molecule has 0 unspecified atom stereocenters. The van der Waals surface area contributed by atoms with E-state index in [1.54, 1.807) is 13.8 Å². The Kier molecular flexibility index (Phi) is 4.59. The van der Waals surface area contributed by atoms with E-state index in [2.05, 4.69) is 15.1 Å². The molecule has 1 saturated heterocycles. The van der Waals surface area contributed by atoms with Gasteiger partial charge in [-0.1, -0.05) is 0 Å². The van der Waals surface area contributed by atoms with E-state index >= 15 is 0 Å². The molecule has 1 fully saturated rings. The number of amides is 1. The van der Waals surface area contributed by atoms with Crippen LogP contribution in [0.2, 0.25) is 0 Å².